The summed E-state index contributed by atoms with van der Waals surface area (Å²) in [6.45, 7) is 0.176. The topological polar surface area (TPSA) is 124 Å². The van der Waals surface area contributed by atoms with Crippen molar-refractivity contribution in [3.8, 4) is 11.3 Å². The lowest BCUT2D eigenvalue weighted by atomic mass is 10.1. The SMILES string of the molecule is C[N+](C)(CC(N)=O)c1ccnc2[nH]cc(-c3ccnc(N)n3)c12. The molecule has 0 aliphatic heterocycles. The number of nitrogens with one attached hydrogen (secondary N) is 1. The van der Waals surface area contributed by atoms with E-state index in [4.69, 9.17) is 11.5 Å². The van der Waals surface area contributed by atoms with Crippen LogP contribution >= 0.6 is 0 Å². The molecular formula is C15H18N7O+. The number of carbonyl (C=O) groups is 1. The molecular weight excluding hydrogens is 294 g/mol. The number of aromatic amines is 1. The number of nitrogens with two attached hydrogens (primary N) is 2. The van der Waals surface area contributed by atoms with E-state index >= 15 is 0 Å². The van der Waals surface area contributed by atoms with Gasteiger partial charge in [-0.3, -0.25) is 9.28 Å². The maximum atomic E-state index is 11.4. The number of anilines is 1. The minimum absolute atomic E-state index is 0.176. The van der Waals surface area contributed by atoms with Gasteiger partial charge in [0.2, 0.25) is 5.95 Å². The van der Waals surface area contributed by atoms with Crippen molar-refractivity contribution < 1.29 is 4.79 Å². The van der Waals surface area contributed by atoms with Crippen molar-refractivity contribution >= 4 is 28.6 Å². The van der Waals surface area contributed by atoms with Crippen LogP contribution in [-0.2, 0) is 4.79 Å². The minimum atomic E-state index is -0.372. The summed E-state index contributed by atoms with van der Waals surface area (Å²) in [5, 5.41) is 0.886. The summed E-state index contributed by atoms with van der Waals surface area (Å²) in [4.78, 5) is 27.1. The monoisotopic (exact) mass is 312 g/mol. The third-order valence-electron chi connectivity index (χ3n) is 3.70. The van der Waals surface area contributed by atoms with Crippen LogP contribution in [0.25, 0.3) is 22.3 Å². The maximum Gasteiger partial charge on any atom is 0.273 e. The zero-order valence-electron chi connectivity index (χ0n) is 12.9. The number of likely N-dealkylation sites (N-methyl/N-ethyl adjacent to an activating group) is 1. The summed E-state index contributed by atoms with van der Waals surface area (Å²) in [6, 6.07) is 3.66. The third kappa shape index (κ3) is 2.71. The Bertz CT molecular complexity index is 884. The van der Waals surface area contributed by atoms with Gasteiger partial charge in [0.1, 0.15) is 11.3 Å². The molecule has 0 aromatic carbocycles. The Morgan fingerprint density at radius 3 is 2.70 bits per heavy atom. The number of rotatable bonds is 4. The molecule has 8 nitrogen and oxygen atoms in total. The summed E-state index contributed by atoms with van der Waals surface area (Å²) >= 11 is 0. The Morgan fingerprint density at radius 2 is 2.00 bits per heavy atom. The van der Waals surface area contributed by atoms with Crippen molar-refractivity contribution in [2.24, 2.45) is 5.73 Å². The number of pyridine rings is 1. The standard InChI is InChI=1S/C15H17N7O/c1-22(2,8-12(16)23)11-4-6-18-14-13(11)9(7-20-14)10-3-5-19-15(17)21-10/h3-7H,8H2,1-2H3,(H4-,16,17,18,19,20,21,23)/p+1. The molecule has 118 valence electrons. The summed E-state index contributed by atoms with van der Waals surface area (Å²) in [5.41, 5.74) is 14.3. The maximum absolute atomic E-state index is 11.4. The first-order chi connectivity index (χ1) is 10.9. The minimum Gasteiger partial charge on any atom is -0.368 e. The normalized spacial score (nSPS) is 11.7. The fraction of sp³-hybridized carbons (Fsp3) is 0.200. The number of aromatic nitrogens is 4. The van der Waals surface area contributed by atoms with Crippen molar-refractivity contribution in [1.82, 2.24) is 24.4 Å². The molecule has 0 atom stereocenters. The number of primary amides is 1. The lowest BCUT2D eigenvalue weighted by molar-refractivity contribution is -0.118. The number of amides is 1. The lowest BCUT2D eigenvalue weighted by Crippen LogP contribution is -2.47. The van der Waals surface area contributed by atoms with Gasteiger partial charge in [-0.25, -0.2) is 15.0 Å². The molecule has 5 N–H and O–H groups in total. The molecule has 0 bridgehead atoms. The fourth-order valence-electron chi connectivity index (χ4n) is 2.74. The van der Waals surface area contributed by atoms with Gasteiger partial charge >= 0.3 is 0 Å². The Kier molecular flexibility index (Phi) is 3.45. The van der Waals surface area contributed by atoms with E-state index in [1.54, 1.807) is 18.5 Å². The van der Waals surface area contributed by atoms with E-state index < -0.39 is 0 Å². The molecule has 3 aromatic heterocycles. The van der Waals surface area contributed by atoms with Crippen LogP contribution in [0.1, 0.15) is 0 Å². The van der Waals surface area contributed by atoms with Crippen molar-refractivity contribution in [2.75, 3.05) is 26.4 Å². The highest BCUT2D eigenvalue weighted by atomic mass is 16.1. The number of hydrogen-bond acceptors (Lipinski definition) is 5. The molecule has 0 saturated heterocycles. The molecule has 0 unspecified atom stereocenters. The van der Waals surface area contributed by atoms with Crippen molar-refractivity contribution in [3.63, 3.8) is 0 Å². The highest BCUT2D eigenvalue weighted by Crippen LogP contribution is 2.35. The van der Waals surface area contributed by atoms with Crippen LogP contribution in [0.4, 0.5) is 11.6 Å². The van der Waals surface area contributed by atoms with Crippen LogP contribution in [-0.4, -0.2) is 46.5 Å². The summed E-state index contributed by atoms with van der Waals surface area (Å²) in [6.07, 6.45) is 5.14. The Balaban J connectivity index is 2.24. The number of fused-ring (bicyclic) bond motifs is 1. The largest absolute Gasteiger partial charge is 0.368 e. The van der Waals surface area contributed by atoms with E-state index in [0.717, 1.165) is 16.6 Å². The molecule has 0 aliphatic rings. The quantitative estimate of drug-likeness (QED) is 0.610. The first-order valence-corrected chi connectivity index (χ1v) is 7.05. The van der Waals surface area contributed by atoms with Crippen LogP contribution in [0, 0.1) is 0 Å². The molecule has 0 aliphatic carbocycles. The zero-order valence-corrected chi connectivity index (χ0v) is 12.9. The van der Waals surface area contributed by atoms with Gasteiger partial charge in [-0.2, -0.15) is 0 Å². The Labute approximate surface area is 132 Å². The number of nitrogen functional groups attached to an aromatic ring is 1. The number of H-pyrrole nitrogens is 1. The fourth-order valence-corrected chi connectivity index (χ4v) is 2.74. The van der Waals surface area contributed by atoms with Gasteiger partial charge in [0.15, 0.2) is 6.54 Å². The second-order valence-electron chi connectivity index (χ2n) is 5.87. The molecule has 3 aromatic rings. The Morgan fingerprint density at radius 1 is 1.26 bits per heavy atom. The number of quaternary nitrogens is 1. The van der Waals surface area contributed by atoms with Crippen LogP contribution in [0.5, 0.6) is 0 Å². The molecule has 0 spiro atoms. The molecule has 1 amide bonds. The van der Waals surface area contributed by atoms with Crippen molar-refractivity contribution in [2.45, 2.75) is 0 Å². The molecule has 8 heteroatoms. The van der Waals surface area contributed by atoms with Gasteiger partial charge in [0.25, 0.3) is 5.91 Å². The van der Waals surface area contributed by atoms with Gasteiger partial charge in [-0.05, 0) is 6.07 Å². The average Bonchev–Trinajstić information content (AvgIpc) is 2.89. The summed E-state index contributed by atoms with van der Waals surface area (Å²) in [7, 11) is 3.84. The number of nitrogens with zero attached hydrogens (tertiary/aromatic N) is 4. The highest BCUT2D eigenvalue weighted by Gasteiger charge is 2.27. The molecule has 3 heterocycles. The molecule has 3 rings (SSSR count). The predicted octanol–water partition coefficient (Wildman–Crippen LogP) is 0.654. The van der Waals surface area contributed by atoms with Gasteiger partial charge in [0.05, 0.1) is 25.2 Å². The average molecular weight is 312 g/mol. The van der Waals surface area contributed by atoms with E-state index in [1.807, 2.05) is 26.4 Å². The van der Waals surface area contributed by atoms with Gasteiger partial charge in [0, 0.05) is 30.2 Å². The van der Waals surface area contributed by atoms with Crippen molar-refractivity contribution in [3.05, 3.63) is 30.7 Å². The Hall–Kier alpha value is -3.00. The smallest absolute Gasteiger partial charge is 0.273 e. The van der Waals surface area contributed by atoms with E-state index in [0.29, 0.717) is 15.8 Å². The van der Waals surface area contributed by atoms with Crippen LogP contribution in [0.2, 0.25) is 0 Å². The highest BCUT2D eigenvalue weighted by molar-refractivity contribution is 6.01. The first-order valence-electron chi connectivity index (χ1n) is 7.05. The van der Waals surface area contributed by atoms with E-state index in [2.05, 4.69) is 19.9 Å². The van der Waals surface area contributed by atoms with Crippen molar-refractivity contribution in [1.29, 1.82) is 0 Å². The van der Waals surface area contributed by atoms with E-state index in [9.17, 15) is 4.79 Å². The van der Waals surface area contributed by atoms with Gasteiger partial charge in [-0.1, -0.05) is 0 Å². The molecule has 0 fully saturated rings. The summed E-state index contributed by atoms with van der Waals surface area (Å²) < 4.78 is 0.305. The van der Waals surface area contributed by atoms with Crippen LogP contribution in [0.15, 0.2) is 30.7 Å². The predicted molar refractivity (Wildman–Crippen MR) is 89.2 cm³/mol. The number of carbonyl (C=O) groups excluding carboxylic acids is 1. The van der Waals surface area contributed by atoms with Crippen LogP contribution < -0.4 is 16.0 Å². The second kappa shape index (κ2) is 5.33. The van der Waals surface area contributed by atoms with E-state index in [1.165, 1.54) is 0 Å². The first kappa shape index (κ1) is 14.9. The van der Waals surface area contributed by atoms with E-state index in [-0.39, 0.29) is 18.4 Å². The third-order valence-corrected chi connectivity index (χ3v) is 3.70. The van der Waals surface area contributed by atoms with Gasteiger partial charge in [-0.15, -0.1) is 0 Å². The molecule has 23 heavy (non-hydrogen) atoms. The number of hydrogen-bond donors (Lipinski definition) is 3. The van der Waals surface area contributed by atoms with Crippen LogP contribution in [0.3, 0.4) is 0 Å². The molecule has 0 radical (unpaired) electrons. The summed E-state index contributed by atoms with van der Waals surface area (Å²) in [5.74, 6) is -0.170. The van der Waals surface area contributed by atoms with Gasteiger partial charge < -0.3 is 16.5 Å². The zero-order chi connectivity index (χ0) is 16.6. The molecule has 0 saturated carbocycles. The second-order valence-corrected chi connectivity index (χ2v) is 5.87. The lowest BCUT2D eigenvalue weighted by Gasteiger charge is -2.28.